The summed E-state index contributed by atoms with van der Waals surface area (Å²) in [5.41, 5.74) is 9.61. The van der Waals surface area contributed by atoms with Gasteiger partial charge in [-0.3, -0.25) is 0 Å². The number of hydrogen-bond donors (Lipinski definition) is 0. The largest absolute Gasteiger partial charge is 0.456 e. The lowest BCUT2D eigenvalue weighted by molar-refractivity contribution is 0.668. The van der Waals surface area contributed by atoms with Crippen LogP contribution in [0.25, 0.3) is 109 Å². The molecule has 0 aliphatic rings. The Morgan fingerprint density at radius 2 is 1.15 bits per heavy atom. The van der Waals surface area contributed by atoms with E-state index in [1.165, 1.54) is 36.9 Å². The molecule has 0 bridgehead atoms. The van der Waals surface area contributed by atoms with Crippen molar-refractivity contribution in [1.29, 1.82) is 0 Å². The first-order valence-electron chi connectivity index (χ1n) is 17.3. The molecule has 7 aromatic carbocycles. The number of hydrogen-bond acceptors (Lipinski definition) is 6. The lowest BCUT2D eigenvalue weighted by Gasteiger charge is -2.11. The van der Waals surface area contributed by atoms with Crippen LogP contribution in [-0.2, 0) is 0 Å². The van der Waals surface area contributed by atoms with E-state index in [2.05, 4.69) is 115 Å². The van der Waals surface area contributed by atoms with Gasteiger partial charge >= 0.3 is 0 Å². The zero-order chi connectivity index (χ0) is 34.3. The summed E-state index contributed by atoms with van der Waals surface area (Å²) in [4.78, 5) is 14.6. The van der Waals surface area contributed by atoms with Gasteiger partial charge in [-0.1, -0.05) is 97.1 Å². The number of aryl methyl sites for hydroxylation is 1. The van der Waals surface area contributed by atoms with Crippen molar-refractivity contribution in [3.05, 3.63) is 151 Å². The van der Waals surface area contributed by atoms with E-state index in [1.54, 1.807) is 0 Å². The number of para-hydroxylation sites is 2. The second-order valence-electron chi connectivity index (χ2n) is 13.2. The SMILES string of the molecule is Cc1nc(-c2ccc3c(c2)oc2ccccc23)nc(-c2cccc3c2oc2cccc(-c4cc(-c5ccccc5)cc5sc6ccccc6c45)c23)n1. The minimum atomic E-state index is 0.565. The summed E-state index contributed by atoms with van der Waals surface area (Å²) in [5, 5.41) is 6.77. The van der Waals surface area contributed by atoms with Gasteiger partial charge in [0.05, 0.1) is 5.56 Å². The van der Waals surface area contributed by atoms with E-state index in [-0.39, 0.29) is 0 Å². The van der Waals surface area contributed by atoms with Crippen LogP contribution in [0.1, 0.15) is 5.82 Å². The molecule has 0 unspecified atom stereocenters. The molecule has 0 aliphatic carbocycles. The van der Waals surface area contributed by atoms with Crippen molar-refractivity contribution in [3.63, 3.8) is 0 Å². The van der Waals surface area contributed by atoms with Crippen molar-refractivity contribution in [1.82, 2.24) is 15.0 Å². The molecule has 0 atom stereocenters. The van der Waals surface area contributed by atoms with Crippen LogP contribution in [0.4, 0.5) is 0 Å². The molecule has 0 aliphatic heterocycles. The Kier molecular flexibility index (Phi) is 6.27. The van der Waals surface area contributed by atoms with Crippen molar-refractivity contribution >= 4 is 75.4 Å². The molecule has 11 aromatic rings. The quantitative estimate of drug-likeness (QED) is 0.184. The van der Waals surface area contributed by atoms with Crippen molar-refractivity contribution in [2.45, 2.75) is 6.92 Å². The maximum absolute atomic E-state index is 6.76. The first-order chi connectivity index (χ1) is 25.7. The smallest absolute Gasteiger partial charge is 0.167 e. The molecule has 0 saturated carbocycles. The third-order valence-corrected chi connectivity index (χ3v) is 11.1. The third kappa shape index (κ3) is 4.44. The Balaban J connectivity index is 1.12. The maximum Gasteiger partial charge on any atom is 0.167 e. The van der Waals surface area contributed by atoms with E-state index in [1.807, 2.05) is 48.6 Å². The van der Waals surface area contributed by atoms with Crippen molar-refractivity contribution < 1.29 is 8.83 Å². The summed E-state index contributed by atoms with van der Waals surface area (Å²) < 4.78 is 15.5. The Morgan fingerprint density at radius 1 is 0.423 bits per heavy atom. The van der Waals surface area contributed by atoms with Gasteiger partial charge in [0, 0.05) is 47.3 Å². The second-order valence-corrected chi connectivity index (χ2v) is 14.2. The van der Waals surface area contributed by atoms with Crippen LogP contribution in [0.3, 0.4) is 0 Å². The zero-order valence-electron chi connectivity index (χ0n) is 27.9. The average molecular weight is 686 g/mol. The number of fused-ring (bicyclic) bond motifs is 9. The molecule has 244 valence electrons. The fourth-order valence-electron chi connectivity index (χ4n) is 7.71. The summed E-state index contributed by atoms with van der Waals surface area (Å²) in [6.07, 6.45) is 0. The zero-order valence-corrected chi connectivity index (χ0v) is 28.7. The normalized spacial score (nSPS) is 11.9. The van der Waals surface area contributed by atoms with Crippen LogP contribution >= 0.6 is 11.3 Å². The Morgan fingerprint density at radius 3 is 2.08 bits per heavy atom. The summed E-state index contributed by atoms with van der Waals surface area (Å²) in [6.45, 7) is 1.90. The fourth-order valence-corrected chi connectivity index (χ4v) is 8.88. The summed E-state index contributed by atoms with van der Waals surface area (Å²) >= 11 is 1.84. The molecule has 6 heteroatoms. The molecule has 11 rings (SSSR count). The van der Waals surface area contributed by atoms with Crippen LogP contribution in [0.5, 0.6) is 0 Å². The van der Waals surface area contributed by atoms with E-state index in [9.17, 15) is 0 Å². The molecule has 0 amide bonds. The summed E-state index contributed by atoms with van der Waals surface area (Å²) in [5.74, 6) is 1.78. The van der Waals surface area contributed by atoms with Gasteiger partial charge in [0.15, 0.2) is 11.6 Å². The number of benzene rings is 7. The molecule has 4 aromatic heterocycles. The highest BCUT2D eigenvalue weighted by Crippen LogP contribution is 2.47. The molecule has 52 heavy (non-hydrogen) atoms. The predicted octanol–water partition coefficient (Wildman–Crippen LogP) is 13.0. The number of aromatic nitrogens is 3. The molecule has 0 fully saturated rings. The standard InChI is InChI=1S/C46H27N3O2S/c1-26-47-45(28-21-22-31-30-13-5-7-18-37(30)50-39(31)24-28)49-46(48-26)35-17-9-16-34-42-32(15-10-19-38(42)51-44(34)35)36-23-29(27-11-3-2-4-12-27)25-41-43(36)33-14-6-8-20-40(33)52-41/h2-25H,1H3. The average Bonchev–Trinajstić information content (AvgIpc) is 3.88. The topological polar surface area (TPSA) is 65.0 Å². The molecule has 0 spiro atoms. The molecular formula is C46H27N3O2S. The highest BCUT2D eigenvalue weighted by atomic mass is 32.1. The molecule has 5 nitrogen and oxygen atoms in total. The summed E-state index contributed by atoms with van der Waals surface area (Å²) in [6, 6.07) is 50.8. The molecule has 4 heterocycles. The lowest BCUT2D eigenvalue weighted by Crippen LogP contribution is -1.99. The molecular weight excluding hydrogens is 659 g/mol. The van der Waals surface area contributed by atoms with Crippen molar-refractivity contribution in [3.8, 4) is 45.0 Å². The van der Waals surface area contributed by atoms with Crippen LogP contribution in [0.2, 0.25) is 0 Å². The van der Waals surface area contributed by atoms with Gasteiger partial charge in [-0.2, -0.15) is 0 Å². The Labute approximate surface area is 301 Å². The third-order valence-electron chi connectivity index (χ3n) is 10.0. The Bertz CT molecular complexity index is 3210. The van der Waals surface area contributed by atoms with E-state index >= 15 is 0 Å². The van der Waals surface area contributed by atoms with E-state index < -0.39 is 0 Å². The van der Waals surface area contributed by atoms with Crippen LogP contribution in [0.15, 0.2) is 154 Å². The van der Waals surface area contributed by atoms with Crippen LogP contribution in [-0.4, -0.2) is 15.0 Å². The van der Waals surface area contributed by atoms with Gasteiger partial charge < -0.3 is 8.83 Å². The number of thiophene rings is 1. The number of furan rings is 2. The van der Waals surface area contributed by atoms with Crippen LogP contribution in [0, 0.1) is 6.92 Å². The lowest BCUT2D eigenvalue weighted by atomic mass is 9.92. The molecule has 0 N–H and O–H groups in total. The van der Waals surface area contributed by atoms with Crippen LogP contribution < -0.4 is 0 Å². The van der Waals surface area contributed by atoms with Gasteiger partial charge in [0.25, 0.3) is 0 Å². The van der Waals surface area contributed by atoms with Gasteiger partial charge in [-0.25, -0.2) is 15.0 Å². The van der Waals surface area contributed by atoms with E-state index in [4.69, 9.17) is 23.8 Å². The maximum atomic E-state index is 6.76. The molecule has 0 saturated heterocycles. The first kappa shape index (κ1) is 29.1. The van der Waals surface area contributed by atoms with Gasteiger partial charge in [-0.15, -0.1) is 11.3 Å². The monoisotopic (exact) mass is 685 g/mol. The minimum Gasteiger partial charge on any atom is -0.456 e. The van der Waals surface area contributed by atoms with Crippen molar-refractivity contribution in [2.24, 2.45) is 0 Å². The molecule has 0 radical (unpaired) electrons. The van der Waals surface area contributed by atoms with Gasteiger partial charge in [-0.05, 0) is 77.7 Å². The minimum absolute atomic E-state index is 0.565. The van der Waals surface area contributed by atoms with Gasteiger partial charge in [0.1, 0.15) is 28.2 Å². The van der Waals surface area contributed by atoms with E-state index in [0.29, 0.717) is 17.5 Å². The predicted molar refractivity (Wildman–Crippen MR) is 214 cm³/mol. The summed E-state index contributed by atoms with van der Waals surface area (Å²) in [7, 11) is 0. The second kappa shape index (κ2) is 11.2. The van der Waals surface area contributed by atoms with Crippen molar-refractivity contribution in [2.75, 3.05) is 0 Å². The van der Waals surface area contributed by atoms with Gasteiger partial charge in [0.2, 0.25) is 0 Å². The fraction of sp³-hybridized carbons (Fsp3) is 0.0217. The number of rotatable bonds is 4. The highest BCUT2D eigenvalue weighted by Gasteiger charge is 2.21. The highest BCUT2D eigenvalue weighted by molar-refractivity contribution is 7.26. The van der Waals surface area contributed by atoms with E-state index in [0.717, 1.165) is 60.6 Å². The number of nitrogens with zero attached hydrogens (tertiary/aromatic N) is 3. The first-order valence-corrected chi connectivity index (χ1v) is 18.1. The Hall–Kier alpha value is -6.63.